The molecule has 0 spiro atoms. The van der Waals surface area contributed by atoms with Gasteiger partial charge in [0.15, 0.2) is 0 Å². The van der Waals surface area contributed by atoms with Gasteiger partial charge in [-0.3, -0.25) is 4.55 Å². The first kappa shape index (κ1) is 13.1. The van der Waals surface area contributed by atoms with Crippen molar-refractivity contribution >= 4 is 16.4 Å². The number of benzene rings is 1. The van der Waals surface area contributed by atoms with Gasteiger partial charge in [0.2, 0.25) is 0 Å². The average molecular weight is 266 g/mol. The average Bonchev–Trinajstić information content (AvgIpc) is 2.03. The molecule has 0 aliphatic rings. The molecule has 0 saturated heterocycles. The Morgan fingerprint density at radius 1 is 1.21 bits per heavy atom. The van der Waals surface area contributed by atoms with E-state index in [4.69, 9.17) is 4.55 Å². The normalized spacial score (nSPS) is 10.1. The van der Waals surface area contributed by atoms with E-state index in [2.05, 4.69) is 4.18 Å². The Morgan fingerprint density at radius 2 is 1.71 bits per heavy atom. The molecule has 0 heterocycles. The van der Waals surface area contributed by atoms with Crippen LogP contribution in [0.15, 0.2) is 30.3 Å². The van der Waals surface area contributed by atoms with Crippen LogP contribution in [-0.2, 0) is 31.7 Å². The molecule has 0 amide bonds. The minimum atomic E-state index is -4.72. The van der Waals surface area contributed by atoms with E-state index in [-0.39, 0.29) is 22.6 Å². The summed E-state index contributed by atoms with van der Waals surface area (Å²) in [5.74, 6) is -1.11. The topological polar surface area (TPSA) is 80.7 Å². The molecule has 0 aliphatic heterocycles. The van der Waals surface area contributed by atoms with E-state index in [0.717, 1.165) is 0 Å². The Morgan fingerprint density at radius 3 is 2.14 bits per heavy atom. The predicted molar refractivity (Wildman–Crippen MR) is 43.4 cm³/mol. The SMILES string of the molecule is O=C(OS(=O)(=O)O)c1ccccc1.[Cu]. The zero-order valence-corrected chi connectivity index (χ0v) is 8.43. The van der Waals surface area contributed by atoms with Crippen molar-refractivity contribution in [3.63, 3.8) is 0 Å². The first-order valence-corrected chi connectivity index (χ1v) is 4.62. The maximum atomic E-state index is 10.9. The maximum Gasteiger partial charge on any atom is 0.449 e. The first-order valence-electron chi connectivity index (χ1n) is 3.25. The molecule has 14 heavy (non-hydrogen) atoms. The molecule has 1 N–H and O–H groups in total. The van der Waals surface area contributed by atoms with Crippen LogP contribution in [0.5, 0.6) is 0 Å². The van der Waals surface area contributed by atoms with Crippen molar-refractivity contribution in [3.05, 3.63) is 35.9 Å². The van der Waals surface area contributed by atoms with E-state index in [1.807, 2.05) is 0 Å². The zero-order chi connectivity index (χ0) is 9.90. The third-order valence-electron chi connectivity index (χ3n) is 1.19. The third kappa shape index (κ3) is 4.38. The van der Waals surface area contributed by atoms with E-state index >= 15 is 0 Å². The van der Waals surface area contributed by atoms with Crippen molar-refractivity contribution in [3.8, 4) is 0 Å². The fourth-order valence-corrected chi connectivity index (χ4v) is 1.01. The summed E-state index contributed by atoms with van der Waals surface area (Å²) in [4.78, 5) is 10.9. The summed E-state index contributed by atoms with van der Waals surface area (Å²) < 4.78 is 32.1. The summed E-state index contributed by atoms with van der Waals surface area (Å²) in [6.07, 6.45) is 0. The van der Waals surface area contributed by atoms with E-state index in [1.165, 1.54) is 12.1 Å². The van der Waals surface area contributed by atoms with Crippen LogP contribution >= 0.6 is 0 Å². The van der Waals surface area contributed by atoms with Crippen molar-refractivity contribution in [2.24, 2.45) is 0 Å². The van der Waals surface area contributed by atoms with Gasteiger partial charge >= 0.3 is 16.4 Å². The number of carbonyl (C=O) groups excluding carboxylic acids is 1. The van der Waals surface area contributed by atoms with Crippen LogP contribution in [0.1, 0.15) is 10.4 Å². The largest absolute Gasteiger partial charge is 0.449 e. The van der Waals surface area contributed by atoms with Gasteiger partial charge in [-0.05, 0) is 12.1 Å². The monoisotopic (exact) mass is 265 g/mol. The summed E-state index contributed by atoms with van der Waals surface area (Å²) in [6, 6.07) is 7.48. The van der Waals surface area contributed by atoms with Crippen LogP contribution in [0.3, 0.4) is 0 Å². The second kappa shape index (κ2) is 5.11. The maximum absolute atomic E-state index is 10.9. The van der Waals surface area contributed by atoms with Gasteiger partial charge in [0, 0.05) is 17.1 Å². The first-order chi connectivity index (χ1) is 5.99. The Kier molecular flexibility index (Phi) is 4.79. The molecule has 0 aliphatic carbocycles. The standard InChI is InChI=1S/C7H6O5S.Cu/c8-7(12-13(9,10)11)6-4-2-1-3-5-6;/h1-5H,(H,9,10,11);. The molecule has 1 aromatic rings. The van der Waals surface area contributed by atoms with Gasteiger partial charge in [-0.25, -0.2) is 4.79 Å². The Bertz CT molecular complexity index is 399. The molecule has 0 unspecified atom stereocenters. The van der Waals surface area contributed by atoms with Gasteiger partial charge in [0.1, 0.15) is 0 Å². The second-order valence-corrected chi connectivity index (χ2v) is 3.19. The van der Waals surface area contributed by atoms with E-state index < -0.39 is 16.4 Å². The molecule has 7 heteroatoms. The molecular formula is C7H6CuO5S. The predicted octanol–water partition coefficient (Wildman–Crippen LogP) is 0.644. The van der Waals surface area contributed by atoms with Crippen molar-refractivity contribution in [2.45, 2.75) is 0 Å². The fraction of sp³-hybridized carbons (Fsp3) is 0. The molecule has 5 nitrogen and oxygen atoms in total. The van der Waals surface area contributed by atoms with Gasteiger partial charge in [-0.15, -0.1) is 0 Å². The van der Waals surface area contributed by atoms with E-state index in [9.17, 15) is 13.2 Å². The molecule has 1 radical (unpaired) electrons. The van der Waals surface area contributed by atoms with Crippen LogP contribution in [0.25, 0.3) is 0 Å². The molecule has 0 atom stereocenters. The van der Waals surface area contributed by atoms with E-state index in [1.54, 1.807) is 18.2 Å². The Hall–Kier alpha value is -0.881. The summed E-state index contributed by atoms with van der Waals surface area (Å²) in [7, 11) is -4.72. The van der Waals surface area contributed by atoms with E-state index in [0.29, 0.717) is 0 Å². The van der Waals surface area contributed by atoms with Crippen LogP contribution in [-0.4, -0.2) is 18.9 Å². The van der Waals surface area contributed by atoms with Gasteiger partial charge in [0.05, 0.1) is 5.56 Å². The van der Waals surface area contributed by atoms with Gasteiger partial charge in [-0.2, -0.15) is 8.42 Å². The third-order valence-corrected chi connectivity index (χ3v) is 1.55. The molecular weight excluding hydrogens is 260 g/mol. The van der Waals surface area contributed by atoms with Crippen LogP contribution < -0.4 is 0 Å². The van der Waals surface area contributed by atoms with Gasteiger partial charge in [-0.1, -0.05) is 18.2 Å². The molecule has 0 bridgehead atoms. The Labute approximate surface area is 91.5 Å². The Balaban J connectivity index is 0.00000169. The number of hydrogen-bond acceptors (Lipinski definition) is 4. The molecule has 81 valence electrons. The van der Waals surface area contributed by atoms with Crippen LogP contribution in [0, 0.1) is 0 Å². The summed E-state index contributed by atoms with van der Waals surface area (Å²) in [6.45, 7) is 0. The minimum absolute atomic E-state index is 0. The number of rotatable bonds is 2. The summed E-state index contributed by atoms with van der Waals surface area (Å²) in [5, 5.41) is 0. The molecule has 0 saturated carbocycles. The summed E-state index contributed by atoms with van der Waals surface area (Å²) >= 11 is 0. The smallest absolute Gasteiger partial charge is 0.320 e. The van der Waals surface area contributed by atoms with Crippen molar-refractivity contribution < 1.29 is 39.0 Å². The quantitative estimate of drug-likeness (QED) is 0.627. The van der Waals surface area contributed by atoms with Crippen LogP contribution in [0.4, 0.5) is 0 Å². The van der Waals surface area contributed by atoms with Gasteiger partial charge in [0.25, 0.3) is 0 Å². The number of hydrogen-bond donors (Lipinski definition) is 1. The summed E-state index contributed by atoms with van der Waals surface area (Å²) in [5.41, 5.74) is 0.0557. The minimum Gasteiger partial charge on any atom is -0.320 e. The van der Waals surface area contributed by atoms with Crippen molar-refractivity contribution in [1.82, 2.24) is 0 Å². The molecule has 0 fully saturated rings. The van der Waals surface area contributed by atoms with Gasteiger partial charge < -0.3 is 4.18 Å². The number of carbonyl (C=O) groups is 1. The van der Waals surface area contributed by atoms with Crippen molar-refractivity contribution in [1.29, 1.82) is 0 Å². The molecule has 1 aromatic carbocycles. The molecule has 0 aromatic heterocycles. The fourth-order valence-electron chi connectivity index (χ4n) is 0.718. The van der Waals surface area contributed by atoms with Crippen molar-refractivity contribution in [2.75, 3.05) is 0 Å². The second-order valence-electron chi connectivity index (χ2n) is 2.16. The molecule has 1 rings (SSSR count). The zero-order valence-electron chi connectivity index (χ0n) is 6.68. The van der Waals surface area contributed by atoms with Crippen LogP contribution in [0.2, 0.25) is 0 Å².